The Labute approximate surface area is 99.2 Å². The maximum Gasteiger partial charge on any atom is 0.182 e. The van der Waals surface area contributed by atoms with Crippen LogP contribution in [0.1, 0.15) is 5.56 Å². The van der Waals surface area contributed by atoms with Crippen LogP contribution in [0.25, 0.3) is 5.69 Å². The largest absolute Gasteiger partial charge is 0.281 e. The van der Waals surface area contributed by atoms with Crippen molar-refractivity contribution in [3.05, 3.63) is 45.4 Å². The summed E-state index contributed by atoms with van der Waals surface area (Å²) in [5, 5.41) is 0. The van der Waals surface area contributed by atoms with Gasteiger partial charge in [0.05, 0.1) is 11.9 Å². The number of halogens is 2. The number of hydrogen-bond acceptors (Lipinski definition) is 1. The van der Waals surface area contributed by atoms with E-state index in [1.165, 1.54) is 5.56 Å². The summed E-state index contributed by atoms with van der Waals surface area (Å²) in [6.45, 7) is 2.08. The van der Waals surface area contributed by atoms with Gasteiger partial charge in [-0.25, -0.2) is 4.98 Å². The standard InChI is InChI=1S/C10H8Br2N2/c1-7-4-2-3-5-8(7)14-9(11)6-13-10(14)12/h2-6H,1H3. The van der Waals surface area contributed by atoms with Gasteiger partial charge in [0.15, 0.2) is 4.73 Å². The van der Waals surface area contributed by atoms with Gasteiger partial charge in [-0.3, -0.25) is 4.57 Å². The first-order chi connectivity index (χ1) is 6.70. The van der Waals surface area contributed by atoms with Gasteiger partial charge >= 0.3 is 0 Å². The van der Waals surface area contributed by atoms with Crippen molar-refractivity contribution < 1.29 is 0 Å². The summed E-state index contributed by atoms with van der Waals surface area (Å²) in [4.78, 5) is 4.17. The molecule has 0 amide bonds. The second-order valence-electron chi connectivity index (χ2n) is 2.97. The van der Waals surface area contributed by atoms with E-state index in [4.69, 9.17) is 0 Å². The minimum absolute atomic E-state index is 0.804. The zero-order valence-corrected chi connectivity index (χ0v) is 10.7. The predicted octanol–water partition coefficient (Wildman–Crippen LogP) is 3.71. The van der Waals surface area contributed by atoms with Crippen LogP contribution in [0.3, 0.4) is 0 Å². The number of imidazole rings is 1. The lowest BCUT2D eigenvalue weighted by Gasteiger charge is -2.08. The van der Waals surface area contributed by atoms with E-state index >= 15 is 0 Å². The number of aryl methyl sites for hydroxylation is 1. The summed E-state index contributed by atoms with van der Waals surface area (Å²) in [5.74, 6) is 0. The number of nitrogens with zero attached hydrogens (tertiary/aromatic N) is 2. The fourth-order valence-electron chi connectivity index (χ4n) is 1.34. The van der Waals surface area contributed by atoms with Crippen LogP contribution in [0, 0.1) is 6.92 Å². The zero-order valence-electron chi connectivity index (χ0n) is 7.54. The Morgan fingerprint density at radius 2 is 1.93 bits per heavy atom. The Hall–Kier alpha value is -0.610. The first-order valence-electron chi connectivity index (χ1n) is 4.15. The van der Waals surface area contributed by atoms with Crippen LogP contribution in [-0.4, -0.2) is 9.55 Å². The number of hydrogen-bond donors (Lipinski definition) is 0. The Balaban J connectivity index is 2.66. The second kappa shape index (κ2) is 3.87. The van der Waals surface area contributed by atoms with Crippen molar-refractivity contribution in [3.8, 4) is 5.69 Å². The van der Waals surface area contributed by atoms with Crippen molar-refractivity contribution in [1.82, 2.24) is 9.55 Å². The molecule has 2 rings (SSSR count). The molecule has 2 aromatic rings. The van der Waals surface area contributed by atoms with E-state index in [1.54, 1.807) is 6.20 Å². The molecule has 0 aliphatic heterocycles. The van der Waals surface area contributed by atoms with Crippen LogP contribution in [0.4, 0.5) is 0 Å². The monoisotopic (exact) mass is 314 g/mol. The number of rotatable bonds is 1. The maximum atomic E-state index is 4.17. The van der Waals surface area contributed by atoms with E-state index in [-0.39, 0.29) is 0 Å². The minimum Gasteiger partial charge on any atom is -0.281 e. The summed E-state index contributed by atoms with van der Waals surface area (Å²) in [6, 6.07) is 8.18. The molecule has 0 aliphatic rings. The molecular formula is C10H8Br2N2. The molecule has 0 bridgehead atoms. The van der Waals surface area contributed by atoms with Crippen molar-refractivity contribution in [2.45, 2.75) is 6.92 Å². The van der Waals surface area contributed by atoms with Gasteiger partial charge in [-0.15, -0.1) is 0 Å². The van der Waals surface area contributed by atoms with Crippen molar-refractivity contribution in [3.63, 3.8) is 0 Å². The third-order valence-electron chi connectivity index (χ3n) is 2.03. The molecule has 2 nitrogen and oxygen atoms in total. The highest BCUT2D eigenvalue weighted by Gasteiger charge is 2.08. The first kappa shape index (κ1) is 9.93. The average molecular weight is 316 g/mol. The van der Waals surface area contributed by atoms with Crippen LogP contribution in [0.15, 0.2) is 39.8 Å². The van der Waals surface area contributed by atoms with Gasteiger partial charge in [0.25, 0.3) is 0 Å². The van der Waals surface area contributed by atoms with E-state index in [9.17, 15) is 0 Å². The number of benzene rings is 1. The van der Waals surface area contributed by atoms with E-state index < -0.39 is 0 Å². The van der Waals surface area contributed by atoms with Crippen LogP contribution in [0.2, 0.25) is 0 Å². The highest BCUT2D eigenvalue weighted by molar-refractivity contribution is 9.11. The molecule has 0 saturated carbocycles. The van der Waals surface area contributed by atoms with Gasteiger partial charge in [0.2, 0.25) is 0 Å². The molecule has 0 spiro atoms. The lowest BCUT2D eigenvalue weighted by molar-refractivity contribution is 0.980. The molecule has 1 heterocycles. The molecule has 1 aromatic heterocycles. The predicted molar refractivity (Wildman–Crippen MR) is 63.7 cm³/mol. The topological polar surface area (TPSA) is 17.8 Å². The lowest BCUT2D eigenvalue weighted by Crippen LogP contribution is -1.97. The molecule has 0 unspecified atom stereocenters. The Kier molecular flexibility index (Phi) is 2.74. The van der Waals surface area contributed by atoms with Crippen LogP contribution in [-0.2, 0) is 0 Å². The molecular weight excluding hydrogens is 308 g/mol. The molecule has 0 saturated heterocycles. The summed E-state index contributed by atoms with van der Waals surface area (Å²) < 4.78 is 3.76. The zero-order chi connectivity index (χ0) is 10.1. The van der Waals surface area contributed by atoms with Crippen LogP contribution >= 0.6 is 31.9 Å². The van der Waals surface area contributed by atoms with E-state index in [2.05, 4.69) is 55.9 Å². The Morgan fingerprint density at radius 3 is 2.50 bits per heavy atom. The highest BCUT2D eigenvalue weighted by atomic mass is 79.9. The fraction of sp³-hybridized carbons (Fsp3) is 0.100. The quantitative estimate of drug-likeness (QED) is 0.784. The summed E-state index contributed by atoms with van der Waals surface area (Å²) >= 11 is 6.87. The molecule has 72 valence electrons. The third kappa shape index (κ3) is 1.64. The van der Waals surface area contributed by atoms with Crippen molar-refractivity contribution in [2.24, 2.45) is 0 Å². The second-order valence-corrected chi connectivity index (χ2v) is 4.49. The number of para-hydroxylation sites is 1. The molecule has 0 fully saturated rings. The molecule has 1 aromatic carbocycles. The molecule has 0 N–H and O–H groups in total. The minimum atomic E-state index is 0.804. The Bertz CT molecular complexity index is 443. The molecule has 4 heteroatoms. The fourth-order valence-corrected chi connectivity index (χ4v) is 2.52. The summed E-state index contributed by atoms with van der Waals surface area (Å²) in [5.41, 5.74) is 2.34. The molecule has 0 atom stereocenters. The van der Waals surface area contributed by atoms with E-state index in [1.807, 2.05) is 16.7 Å². The van der Waals surface area contributed by atoms with Gasteiger partial charge in [0.1, 0.15) is 4.60 Å². The normalized spacial score (nSPS) is 10.5. The SMILES string of the molecule is Cc1ccccc1-n1c(Br)cnc1Br. The number of aromatic nitrogens is 2. The molecule has 14 heavy (non-hydrogen) atoms. The maximum absolute atomic E-state index is 4.17. The van der Waals surface area contributed by atoms with Gasteiger partial charge in [-0.2, -0.15) is 0 Å². The van der Waals surface area contributed by atoms with E-state index in [0.29, 0.717) is 0 Å². The Morgan fingerprint density at radius 1 is 1.21 bits per heavy atom. The third-order valence-corrected chi connectivity index (χ3v) is 3.15. The average Bonchev–Trinajstić information content (AvgIpc) is 2.48. The van der Waals surface area contributed by atoms with Crippen molar-refractivity contribution in [2.75, 3.05) is 0 Å². The van der Waals surface area contributed by atoms with Crippen LogP contribution < -0.4 is 0 Å². The van der Waals surface area contributed by atoms with E-state index in [0.717, 1.165) is 15.0 Å². The van der Waals surface area contributed by atoms with Gasteiger partial charge < -0.3 is 0 Å². The van der Waals surface area contributed by atoms with Crippen LogP contribution in [0.5, 0.6) is 0 Å². The van der Waals surface area contributed by atoms with Crippen molar-refractivity contribution in [1.29, 1.82) is 0 Å². The smallest absolute Gasteiger partial charge is 0.182 e. The van der Waals surface area contributed by atoms with Gasteiger partial charge in [-0.05, 0) is 50.4 Å². The first-order valence-corrected chi connectivity index (χ1v) is 5.73. The van der Waals surface area contributed by atoms with Crippen molar-refractivity contribution >= 4 is 31.9 Å². The molecule has 0 aliphatic carbocycles. The lowest BCUT2D eigenvalue weighted by atomic mass is 10.2. The van der Waals surface area contributed by atoms with Gasteiger partial charge in [-0.1, -0.05) is 18.2 Å². The molecule has 0 radical (unpaired) electrons. The van der Waals surface area contributed by atoms with Gasteiger partial charge in [0, 0.05) is 0 Å². The summed E-state index contributed by atoms with van der Waals surface area (Å²) in [6.07, 6.45) is 1.77. The highest BCUT2D eigenvalue weighted by Crippen LogP contribution is 2.24. The summed E-state index contributed by atoms with van der Waals surface area (Å²) in [7, 11) is 0.